The monoisotopic (exact) mass is 333 g/mol. The van der Waals surface area contributed by atoms with Crippen molar-refractivity contribution in [3.05, 3.63) is 23.9 Å². The maximum Gasteiger partial charge on any atom is 0.255 e. The lowest BCUT2D eigenvalue weighted by Gasteiger charge is -2.39. The first-order valence-corrected chi connectivity index (χ1v) is 8.88. The zero-order valence-electron chi connectivity index (χ0n) is 14.5. The van der Waals surface area contributed by atoms with E-state index in [9.17, 15) is 9.90 Å². The summed E-state index contributed by atoms with van der Waals surface area (Å²) in [5.41, 5.74) is 0.598. The first-order valence-electron chi connectivity index (χ1n) is 8.88. The van der Waals surface area contributed by atoms with Crippen LogP contribution in [-0.4, -0.2) is 70.2 Å². The standard InChI is InChI=1S/C18H27N3O3/c1-13(2)24-17-7-6-14(12-19-17)18(23)21-10-8-20(9-11-21)15-4-3-5-16(15)22/h6-7,12-13,15-16,22H,3-5,8-11H2,1-2H3. The van der Waals surface area contributed by atoms with Crippen molar-refractivity contribution < 1.29 is 14.6 Å². The van der Waals surface area contributed by atoms with Gasteiger partial charge in [-0.1, -0.05) is 0 Å². The molecule has 1 saturated heterocycles. The van der Waals surface area contributed by atoms with Crippen LogP contribution in [-0.2, 0) is 0 Å². The summed E-state index contributed by atoms with van der Waals surface area (Å²) in [6.45, 7) is 6.95. The topological polar surface area (TPSA) is 65.9 Å². The molecule has 1 saturated carbocycles. The molecule has 1 aliphatic heterocycles. The molecule has 2 heterocycles. The molecular weight excluding hydrogens is 306 g/mol. The second kappa shape index (κ2) is 7.49. The van der Waals surface area contributed by atoms with Crippen LogP contribution in [0, 0.1) is 0 Å². The predicted octanol–water partition coefficient (Wildman–Crippen LogP) is 1.54. The number of carbonyl (C=O) groups is 1. The molecule has 24 heavy (non-hydrogen) atoms. The quantitative estimate of drug-likeness (QED) is 0.905. The number of hydrogen-bond acceptors (Lipinski definition) is 5. The molecule has 1 N–H and O–H groups in total. The van der Waals surface area contributed by atoms with E-state index in [0.717, 1.165) is 32.4 Å². The molecule has 0 aromatic carbocycles. The van der Waals surface area contributed by atoms with Crippen molar-refractivity contribution in [2.24, 2.45) is 0 Å². The smallest absolute Gasteiger partial charge is 0.255 e. The number of hydrogen-bond donors (Lipinski definition) is 1. The minimum absolute atomic E-state index is 0.0187. The Morgan fingerprint density at radius 3 is 2.54 bits per heavy atom. The second-order valence-electron chi connectivity index (χ2n) is 6.95. The van der Waals surface area contributed by atoms with E-state index in [4.69, 9.17) is 4.74 Å². The first-order chi connectivity index (χ1) is 11.5. The van der Waals surface area contributed by atoms with Crippen molar-refractivity contribution in [3.8, 4) is 5.88 Å². The summed E-state index contributed by atoms with van der Waals surface area (Å²) < 4.78 is 5.51. The van der Waals surface area contributed by atoms with E-state index in [1.54, 1.807) is 18.3 Å². The van der Waals surface area contributed by atoms with Crippen molar-refractivity contribution in [1.29, 1.82) is 0 Å². The average molecular weight is 333 g/mol. The van der Waals surface area contributed by atoms with Crippen molar-refractivity contribution >= 4 is 5.91 Å². The molecule has 6 nitrogen and oxygen atoms in total. The lowest BCUT2D eigenvalue weighted by molar-refractivity contribution is 0.0315. The summed E-state index contributed by atoms with van der Waals surface area (Å²) in [4.78, 5) is 21.0. The molecule has 132 valence electrons. The van der Waals surface area contributed by atoms with Gasteiger partial charge in [-0.3, -0.25) is 9.69 Å². The van der Waals surface area contributed by atoms with Gasteiger partial charge in [0.2, 0.25) is 5.88 Å². The van der Waals surface area contributed by atoms with Crippen LogP contribution in [0.4, 0.5) is 0 Å². The van der Waals surface area contributed by atoms with Gasteiger partial charge in [0.15, 0.2) is 0 Å². The van der Waals surface area contributed by atoms with E-state index in [1.165, 1.54) is 0 Å². The molecule has 2 atom stereocenters. The minimum Gasteiger partial charge on any atom is -0.475 e. The maximum absolute atomic E-state index is 12.6. The van der Waals surface area contributed by atoms with Gasteiger partial charge in [-0.2, -0.15) is 0 Å². The van der Waals surface area contributed by atoms with Gasteiger partial charge in [0, 0.05) is 44.5 Å². The molecular formula is C18H27N3O3. The highest BCUT2D eigenvalue weighted by molar-refractivity contribution is 5.94. The van der Waals surface area contributed by atoms with Crippen molar-refractivity contribution in [3.63, 3.8) is 0 Å². The number of aliphatic hydroxyl groups excluding tert-OH is 1. The fraction of sp³-hybridized carbons (Fsp3) is 0.667. The van der Waals surface area contributed by atoms with Crippen LogP contribution in [0.2, 0.25) is 0 Å². The number of carbonyl (C=O) groups excluding carboxylic acids is 1. The van der Waals surface area contributed by atoms with E-state index in [-0.39, 0.29) is 24.2 Å². The molecule has 0 bridgehead atoms. The summed E-state index contributed by atoms with van der Waals surface area (Å²) >= 11 is 0. The van der Waals surface area contributed by atoms with Crippen molar-refractivity contribution in [1.82, 2.24) is 14.8 Å². The van der Waals surface area contributed by atoms with Gasteiger partial charge in [-0.15, -0.1) is 0 Å². The molecule has 3 rings (SSSR count). The van der Waals surface area contributed by atoms with Crippen LogP contribution in [0.3, 0.4) is 0 Å². The third kappa shape index (κ3) is 3.87. The summed E-state index contributed by atoms with van der Waals surface area (Å²) in [6, 6.07) is 3.80. The summed E-state index contributed by atoms with van der Waals surface area (Å²) in [7, 11) is 0. The molecule has 1 aromatic heterocycles. The zero-order valence-corrected chi connectivity index (χ0v) is 14.5. The van der Waals surface area contributed by atoms with Gasteiger partial charge in [0.25, 0.3) is 5.91 Å². The van der Waals surface area contributed by atoms with Crippen LogP contribution in [0.1, 0.15) is 43.5 Å². The maximum atomic E-state index is 12.6. The summed E-state index contributed by atoms with van der Waals surface area (Å²) in [5.74, 6) is 0.562. The van der Waals surface area contributed by atoms with E-state index in [0.29, 0.717) is 24.5 Å². The summed E-state index contributed by atoms with van der Waals surface area (Å²) in [6.07, 6.45) is 4.52. The number of aliphatic hydroxyl groups is 1. The lowest BCUT2D eigenvalue weighted by atomic mass is 10.1. The number of aromatic nitrogens is 1. The number of amides is 1. The van der Waals surface area contributed by atoms with Gasteiger partial charge in [-0.05, 0) is 39.2 Å². The van der Waals surface area contributed by atoms with Crippen LogP contribution in [0.5, 0.6) is 5.88 Å². The lowest BCUT2D eigenvalue weighted by Crippen LogP contribution is -2.53. The average Bonchev–Trinajstić information content (AvgIpc) is 3.00. The van der Waals surface area contributed by atoms with Crippen LogP contribution in [0.25, 0.3) is 0 Å². The first kappa shape index (κ1) is 17.2. The molecule has 2 aliphatic rings. The van der Waals surface area contributed by atoms with Crippen LogP contribution < -0.4 is 4.74 Å². The van der Waals surface area contributed by atoms with E-state index < -0.39 is 0 Å². The number of piperazine rings is 1. The highest BCUT2D eigenvalue weighted by Gasteiger charge is 2.33. The number of ether oxygens (including phenoxy) is 1. The Bertz CT molecular complexity index is 553. The highest BCUT2D eigenvalue weighted by Crippen LogP contribution is 2.25. The van der Waals surface area contributed by atoms with Gasteiger partial charge >= 0.3 is 0 Å². The molecule has 0 radical (unpaired) electrons. The normalized spacial score (nSPS) is 25.2. The summed E-state index contributed by atoms with van der Waals surface area (Å²) in [5, 5.41) is 10.0. The van der Waals surface area contributed by atoms with Crippen molar-refractivity contribution in [2.75, 3.05) is 26.2 Å². The SMILES string of the molecule is CC(C)Oc1ccc(C(=O)N2CCN(C3CCCC3O)CC2)cn1. The minimum atomic E-state index is -0.204. The number of nitrogens with zero attached hydrogens (tertiary/aromatic N) is 3. The second-order valence-corrected chi connectivity index (χ2v) is 6.95. The van der Waals surface area contributed by atoms with E-state index in [1.807, 2.05) is 18.7 Å². The third-order valence-electron chi connectivity index (χ3n) is 4.85. The molecule has 2 unspecified atom stereocenters. The molecule has 6 heteroatoms. The number of pyridine rings is 1. The van der Waals surface area contributed by atoms with Gasteiger partial charge in [0.1, 0.15) is 0 Å². The molecule has 2 fully saturated rings. The van der Waals surface area contributed by atoms with E-state index in [2.05, 4.69) is 9.88 Å². The van der Waals surface area contributed by atoms with Gasteiger partial charge in [0.05, 0.1) is 17.8 Å². The number of rotatable bonds is 4. The Kier molecular flexibility index (Phi) is 5.36. The fourth-order valence-electron chi connectivity index (χ4n) is 3.60. The van der Waals surface area contributed by atoms with Crippen molar-refractivity contribution in [2.45, 2.75) is 51.4 Å². The highest BCUT2D eigenvalue weighted by atomic mass is 16.5. The third-order valence-corrected chi connectivity index (χ3v) is 4.85. The Morgan fingerprint density at radius 1 is 1.25 bits per heavy atom. The Balaban J connectivity index is 1.55. The molecule has 1 amide bonds. The van der Waals surface area contributed by atoms with Crippen LogP contribution in [0.15, 0.2) is 18.3 Å². The Hall–Kier alpha value is -1.66. The fourth-order valence-corrected chi connectivity index (χ4v) is 3.60. The van der Waals surface area contributed by atoms with E-state index >= 15 is 0 Å². The largest absolute Gasteiger partial charge is 0.475 e. The van der Waals surface area contributed by atoms with Crippen LogP contribution >= 0.6 is 0 Å². The molecule has 1 aromatic rings. The van der Waals surface area contributed by atoms with Gasteiger partial charge in [-0.25, -0.2) is 4.98 Å². The predicted molar refractivity (Wildman–Crippen MR) is 91.1 cm³/mol. The molecule has 0 spiro atoms. The Morgan fingerprint density at radius 2 is 2.00 bits per heavy atom. The molecule has 1 aliphatic carbocycles. The van der Waals surface area contributed by atoms with Gasteiger partial charge < -0.3 is 14.7 Å². The Labute approximate surface area is 143 Å². The zero-order chi connectivity index (χ0) is 17.1.